The number of benzene rings is 2. The highest BCUT2D eigenvalue weighted by molar-refractivity contribution is 7.80. The molecule has 0 atom stereocenters. The van der Waals surface area contributed by atoms with Crippen molar-refractivity contribution in [1.29, 1.82) is 0 Å². The van der Waals surface area contributed by atoms with Gasteiger partial charge < -0.3 is 10.5 Å². The molecule has 0 saturated carbocycles. The molecule has 0 heterocycles. The van der Waals surface area contributed by atoms with E-state index in [1.54, 1.807) is 18.2 Å². The van der Waals surface area contributed by atoms with E-state index in [-0.39, 0.29) is 10.8 Å². The number of para-hydroxylation sites is 1. The van der Waals surface area contributed by atoms with E-state index in [0.717, 1.165) is 5.56 Å². The third-order valence-electron chi connectivity index (χ3n) is 2.49. The van der Waals surface area contributed by atoms with Gasteiger partial charge in [0, 0.05) is 6.07 Å². The van der Waals surface area contributed by atoms with Crippen molar-refractivity contribution in [2.45, 2.75) is 6.92 Å². The third-order valence-corrected chi connectivity index (χ3v) is 2.71. The molecular weight excluding hydrogens is 249 g/mol. The molecule has 0 aromatic heterocycles. The van der Waals surface area contributed by atoms with Gasteiger partial charge in [0.1, 0.15) is 22.3 Å². The Balaban J connectivity index is 2.42. The summed E-state index contributed by atoms with van der Waals surface area (Å²) in [6, 6.07) is 11.5. The molecule has 0 aliphatic carbocycles. The number of hydrogen-bond donors (Lipinski definition) is 1. The van der Waals surface area contributed by atoms with Crippen LogP contribution in [0.2, 0.25) is 0 Å². The maximum absolute atomic E-state index is 13.1. The van der Waals surface area contributed by atoms with Crippen LogP contribution in [0, 0.1) is 12.7 Å². The zero-order chi connectivity index (χ0) is 13.1. The van der Waals surface area contributed by atoms with Crippen molar-refractivity contribution in [2.24, 2.45) is 5.73 Å². The SMILES string of the molecule is Cc1cccc(C(N)=S)c1Oc1cccc(F)c1. The number of thiocarbonyl (C=S) groups is 1. The fraction of sp³-hybridized carbons (Fsp3) is 0.0714. The van der Waals surface area contributed by atoms with E-state index in [4.69, 9.17) is 22.7 Å². The van der Waals surface area contributed by atoms with E-state index in [1.165, 1.54) is 12.1 Å². The highest BCUT2D eigenvalue weighted by atomic mass is 32.1. The molecule has 0 bridgehead atoms. The summed E-state index contributed by atoms with van der Waals surface area (Å²) in [6.07, 6.45) is 0. The number of nitrogens with two attached hydrogens (primary N) is 1. The van der Waals surface area contributed by atoms with Gasteiger partial charge in [-0.3, -0.25) is 0 Å². The van der Waals surface area contributed by atoms with Crippen LogP contribution in [0.1, 0.15) is 11.1 Å². The standard InChI is InChI=1S/C14H12FNOS/c1-9-4-2-7-12(14(16)18)13(9)17-11-6-3-5-10(15)8-11/h2-8H,1H3,(H2,16,18). The lowest BCUT2D eigenvalue weighted by atomic mass is 10.1. The summed E-state index contributed by atoms with van der Waals surface area (Å²) in [6.45, 7) is 1.89. The lowest BCUT2D eigenvalue weighted by molar-refractivity contribution is 0.472. The predicted octanol–water partition coefficient (Wildman–Crippen LogP) is 3.56. The van der Waals surface area contributed by atoms with Crippen LogP contribution in [0.4, 0.5) is 4.39 Å². The molecule has 2 nitrogen and oxygen atoms in total. The van der Waals surface area contributed by atoms with Gasteiger partial charge in [0.15, 0.2) is 0 Å². The molecule has 2 rings (SSSR count). The summed E-state index contributed by atoms with van der Waals surface area (Å²) in [4.78, 5) is 0.255. The van der Waals surface area contributed by atoms with Crippen molar-refractivity contribution in [3.63, 3.8) is 0 Å². The van der Waals surface area contributed by atoms with Gasteiger partial charge in [0.2, 0.25) is 0 Å². The molecule has 18 heavy (non-hydrogen) atoms. The summed E-state index contributed by atoms with van der Waals surface area (Å²) in [5.41, 5.74) is 7.18. The zero-order valence-electron chi connectivity index (χ0n) is 9.81. The molecule has 2 aromatic rings. The van der Waals surface area contributed by atoms with Crippen molar-refractivity contribution in [3.8, 4) is 11.5 Å². The maximum Gasteiger partial charge on any atom is 0.140 e. The predicted molar refractivity (Wildman–Crippen MR) is 73.5 cm³/mol. The van der Waals surface area contributed by atoms with Crippen molar-refractivity contribution < 1.29 is 9.13 Å². The molecule has 92 valence electrons. The van der Waals surface area contributed by atoms with Gasteiger partial charge in [0.05, 0.1) is 5.56 Å². The van der Waals surface area contributed by atoms with E-state index in [1.807, 2.05) is 19.1 Å². The molecule has 0 unspecified atom stereocenters. The Morgan fingerprint density at radius 2 is 1.94 bits per heavy atom. The summed E-state index contributed by atoms with van der Waals surface area (Å²) in [5.74, 6) is 0.635. The Bertz CT molecular complexity index is 598. The Labute approximate surface area is 110 Å². The molecule has 0 radical (unpaired) electrons. The van der Waals surface area contributed by atoms with Gasteiger partial charge in [-0.2, -0.15) is 0 Å². The third kappa shape index (κ3) is 2.65. The van der Waals surface area contributed by atoms with Crippen LogP contribution in [0.25, 0.3) is 0 Å². The van der Waals surface area contributed by atoms with Gasteiger partial charge in [0.25, 0.3) is 0 Å². The van der Waals surface area contributed by atoms with E-state index in [0.29, 0.717) is 17.1 Å². The van der Waals surface area contributed by atoms with Crippen molar-refractivity contribution in [3.05, 3.63) is 59.4 Å². The molecule has 2 N–H and O–H groups in total. The fourth-order valence-electron chi connectivity index (χ4n) is 1.63. The molecule has 0 saturated heterocycles. The van der Waals surface area contributed by atoms with E-state index in [2.05, 4.69) is 0 Å². The van der Waals surface area contributed by atoms with E-state index in [9.17, 15) is 4.39 Å². The lowest BCUT2D eigenvalue weighted by Gasteiger charge is -2.12. The largest absolute Gasteiger partial charge is 0.456 e. The number of halogens is 1. The first kappa shape index (κ1) is 12.5. The van der Waals surface area contributed by atoms with Gasteiger partial charge in [-0.15, -0.1) is 0 Å². The first-order chi connectivity index (χ1) is 8.58. The Morgan fingerprint density at radius 1 is 1.22 bits per heavy atom. The minimum Gasteiger partial charge on any atom is -0.456 e. The first-order valence-corrected chi connectivity index (χ1v) is 5.81. The normalized spacial score (nSPS) is 10.1. The highest BCUT2D eigenvalue weighted by Gasteiger charge is 2.10. The quantitative estimate of drug-likeness (QED) is 0.858. The van der Waals surface area contributed by atoms with Crippen LogP contribution in [0.5, 0.6) is 11.5 Å². The van der Waals surface area contributed by atoms with E-state index >= 15 is 0 Å². The molecule has 4 heteroatoms. The Morgan fingerprint density at radius 3 is 2.61 bits per heavy atom. The molecule has 0 aliphatic rings. The Kier molecular flexibility index (Phi) is 3.58. The fourth-order valence-corrected chi connectivity index (χ4v) is 1.79. The van der Waals surface area contributed by atoms with Crippen molar-refractivity contribution in [2.75, 3.05) is 0 Å². The first-order valence-electron chi connectivity index (χ1n) is 5.41. The lowest BCUT2D eigenvalue weighted by Crippen LogP contribution is -2.11. The summed E-state index contributed by atoms with van der Waals surface area (Å²) in [5, 5.41) is 0. The molecule has 0 fully saturated rings. The molecular formula is C14H12FNOS. The van der Waals surface area contributed by atoms with Gasteiger partial charge in [-0.05, 0) is 30.7 Å². The van der Waals surface area contributed by atoms with Crippen LogP contribution in [0.3, 0.4) is 0 Å². The van der Waals surface area contributed by atoms with Crippen molar-refractivity contribution >= 4 is 17.2 Å². The molecule has 0 spiro atoms. The van der Waals surface area contributed by atoms with Crippen LogP contribution in [0.15, 0.2) is 42.5 Å². The van der Waals surface area contributed by atoms with Crippen LogP contribution in [-0.2, 0) is 0 Å². The van der Waals surface area contributed by atoms with Gasteiger partial charge >= 0.3 is 0 Å². The summed E-state index contributed by atoms with van der Waals surface area (Å²) >= 11 is 4.97. The number of ether oxygens (including phenoxy) is 1. The molecule has 0 amide bonds. The maximum atomic E-state index is 13.1. The average molecular weight is 261 g/mol. The zero-order valence-corrected chi connectivity index (χ0v) is 10.6. The topological polar surface area (TPSA) is 35.2 Å². The molecule has 0 aliphatic heterocycles. The second-order valence-electron chi connectivity index (χ2n) is 3.88. The Hall–Kier alpha value is -1.94. The van der Waals surface area contributed by atoms with Crippen LogP contribution in [-0.4, -0.2) is 4.99 Å². The number of rotatable bonds is 3. The average Bonchev–Trinajstić information content (AvgIpc) is 2.31. The second-order valence-corrected chi connectivity index (χ2v) is 4.32. The van der Waals surface area contributed by atoms with Gasteiger partial charge in [-0.25, -0.2) is 4.39 Å². The van der Waals surface area contributed by atoms with E-state index < -0.39 is 0 Å². The van der Waals surface area contributed by atoms with Gasteiger partial charge in [-0.1, -0.05) is 30.4 Å². The minimum atomic E-state index is -0.349. The smallest absolute Gasteiger partial charge is 0.140 e. The number of aryl methyl sites for hydroxylation is 1. The van der Waals surface area contributed by atoms with Crippen LogP contribution < -0.4 is 10.5 Å². The van der Waals surface area contributed by atoms with Crippen molar-refractivity contribution in [1.82, 2.24) is 0 Å². The number of hydrogen-bond acceptors (Lipinski definition) is 2. The second kappa shape index (κ2) is 5.14. The summed E-state index contributed by atoms with van der Waals surface area (Å²) < 4.78 is 18.8. The highest BCUT2D eigenvalue weighted by Crippen LogP contribution is 2.29. The molecule has 2 aromatic carbocycles. The van der Waals surface area contributed by atoms with Crippen LogP contribution >= 0.6 is 12.2 Å². The monoisotopic (exact) mass is 261 g/mol. The minimum absolute atomic E-state index is 0.255. The summed E-state index contributed by atoms with van der Waals surface area (Å²) in [7, 11) is 0.